The van der Waals surface area contributed by atoms with Gasteiger partial charge in [0.2, 0.25) is 23.2 Å². The van der Waals surface area contributed by atoms with Gasteiger partial charge in [-0.1, -0.05) is 48.2 Å². The predicted octanol–water partition coefficient (Wildman–Crippen LogP) is 4.49. The molecule has 1 aliphatic rings. The summed E-state index contributed by atoms with van der Waals surface area (Å²) in [4.78, 5) is 30.9. The van der Waals surface area contributed by atoms with Crippen LogP contribution in [-0.4, -0.2) is 32.8 Å². The number of esters is 1. The number of rotatable bonds is 5. The van der Waals surface area contributed by atoms with Crippen LogP contribution in [-0.2, 0) is 9.59 Å². The molecule has 0 unspecified atom stereocenters. The second-order valence-corrected chi connectivity index (χ2v) is 8.30. The zero-order chi connectivity index (χ0) is 23.5. The normalized spacial score (nSPS) is 14.4. The highest BCUT2D eigenvalue weighted by Crippen LogP contribution is 2.45. The van der Waals surface area contributed by atoms with E-state index in [1.165, 1.54) is 30.5 Å². The Hall–Kier alpha value is -3.72. The lowest BCUT2D eigenvalue weighted by atomic mass is 10.1. The van der Waals surface area contributed by atoms with Crippen molar-refractivity contribution in [1.29, 1.82) is 0 Å². The van der Waals surface area contributed by atoms with E-state index in [1.807, 2.05) is 43.3 Å². The summed E-state index contributed by atoms with van der Waals surface area (Å²) in [5.74, 6) is 0.443. The Morgan fingerprint density at radius 1 is 1.18 bits per heavy atom. The molecule has 1 aliphatic heterocycles. The number of aryl methyl sites for hydroxylation is 1. The van der Waals surface area contributed by atoms with Crippen LogP contribution in [0.2, 0.25) is 0 Å². The topological polar surface area (TPSA) is 94.5 Å². The van der Waals surface area contributed by atoms with Crippen molar-refractivity contribution in [3.63, 3.8) is 0 Å². The molecule has 33 heavy (non-hydrogen) atoms. The van der Waals surface area contributed by atoms with Gasteiger partial charge in [-0.15, -0.1) is 16.8 Å². The molecule has 1 amide bonds. The molecule has 0 N–H and O–H groups in total. The van der Waals surface area contributed by atoms with Gasteiger partial charge >= 0.3 is 5.97 Å². The molecule has 9 heteroatoms. The largest absolute Gasteiger partial charge is 0.447 e. The lowest BCUT2D eigenvalue weighted by molar-refractivity contribution is -0.132. The lowest BCUT2D eigenvalue weighted by Gasteiger charge is -2.31. The van der Waals surface area contributed by atoms with Crippen LogP contribution >= 0.6 is 11.8 Å². The summed E-state index contributed by atoms with van der Waals surface area (Å²) in [5.41, 5.74) is 2.92. The maximum atomic E-state index is 12.9. The number of hydrogen-bond donors (Lipinski definition) is 0. The number of ether oxygens (including phenoxy) is 2. The Morgan fingerprint density at radius 2 is 1.97 bits per heavy atom. The molecule has 1 atom stereocenters. The highest BCUT2D eigenvalue weighted by molar-refractivity contribution is 7.99. The highest BCUT2D eigenvalue weighted by atomic mass is 32.2. The maximum absolute atomic E-state index is 12.9. The zero-order valence-electron chi connectivity index (χ0n) is 18.4. The number of hydrogen-bond acceptors (Lipinski definition) is 8. The third kappa shape index (κ3) is 4.45. The molecule has 0 fully saturated rings. The maximum Gasteiger partial charge on any atom is 0.308 e. The fraction of sp³-hybridized carbons (Fsp3) is 0.208. The van der Waals surface area contributed by atoms with Crippen molar-refractivity contribution < 1.29 is 19.1 Å². The van der Waals surface area contributed by atoms with Crippen molar-refractivity contribution in [3.05, 3.63) is 66.2 Å². The zero-order valence-corrected chi connectivity index (χ0v) is 19.3. The molecule has 2 aromatic carbocycles. The van der Waals surface area contributed by atoms with Gasteiger partial charge in [0, 0.05) is 25.2 Å². The van der Waals surface area contributed by atoms with Gasteiger partial charge in [-0.25, -0.2) is 0 Å². The minimum Gasteiger partial charge on any atom is -0.447 e. The summed E-state index contributed by atoms with van der Waals surface area (Å²) in [5, 5.41) is 9.00. The number of para-hydroxylation sites is 2. The molecule has 0 saturated heterocycles. The number of carbonyl (C=O) groups excluding carboxylic acids is 2. The van der Waals surface area contributed by atoms with Crippen molar-refractivity contribution in [2.24, 2.45) is 0 Å². The first-order chi connectivity index (χ1) is 15.9. The number of anilines is 1. The smallest absolute Gasteiger partial charge is 0.308 e. The number of benzene rings is 2. The Kier molecular flexibility index (Phi) is 6.41. The van der Waals surface area contributed by atoms with Gasteiger partial charge in [-0.05, 0) is 24.6 Å². The van der Waals surface area contributed by atoms with E-state index < -0.39 is 12.2 Å². The standard InChI is InChI=1S/C24H22N4O4S/c1-5-13-33-24-25-22-20(26-27-24)17-10-6-7-12-19(17)28(15(3)29)23(32-22)18-11-8-9-14(2)21(18)31-16(4)30/h5-12,23H,1,13H2,2-4H3/t23-/m1/s1. The average Bonchev–Trinajstić information content (AvgIpc) is 2.93. The number of thioether (sulfide) groups is 1. The first kappa shape index (κ1) is 22.5. The summed E-state index contributed by atoms with van der Waals surface area (Å²) in [7, 11) is 0. The second-order valence-electron chi connectivity index (χ2n) is 7.31. The molecular weight excluding hydrogens is 440 g/mol. The predicted molar refractivity (Wildman–Crippen MR) is 125 cm³/mol. The second kappa shape index (κ2) is 9.41. The van der Waals surface area contributed by atoms with Crippen molar-refractivity contribution in [3.8, 4) is 22.9 Å². The van der Waals surface area contributed by atoms with Gasteiger partial charge in [-0.3, -0.25) is 14.5 Å². The summed E-state index contributed by atoms with van der Waals surface area (Å²) in [6.45, 7) is 8.33. The number of nitrogens with zero attached hydrogens (tertiary/aromatic N) is 4. The van der Waals surface area contributed by atoms with E-state index in [0.29, 0.717) is 39.2 Å². The monoisotopic (exact) mass is 462 g/mol. The van der Waals surface area contributed by atoms with Gasteiger partial charge in [0.15, 0.2) is 5.69 Å². The van der Waals surface area contributed by atoms with E-state index in [0.717, 1.165) is 5.56 Å². The molecule has 0 spiro atoms. The third-order valence-corrected chi connectivity index (χ3v) is 5.77. The van der Waals surface area contributed by atoms with Crippen LogP contribution in [0.25, 0.3) is 11.3 Å². The van der Waals surface area contributed by atoms with Crippen LogP contribution in [0.5, 0.6) is 11.6 Å². The Morgan fingerprint density at radius 3 is 2.70 bits per heavy atom. The molecule has 4 rings (SSSR count). The molecule has 1 aromatic heterocycles. The fourth-order valence-corrected chi connectivity index (χ4v) is 4.12. The molecule has 8 nitrogen and oxygen atoms in total. The summed E-state index contributed by atoms with van der Waals surface area (Å²) in [6, 6.07) is 12.7. The molecular formula is C24H22N4O4S. The van der Waals surface area contributed by atoms with Gasteiger partial charge in [0.25, 0.3) is 0 Å². The number of amides is 1. The van der Waals surface area contributed by atoms with Gasteiger partial charge in [-0.2, -0.15) is 4.98 Å². The van der Waals surface area contributed by atoms with Crippen molar-refractivity contribution in [1.82, 2.24) is 15.2 Å². The first-order valence-electron chi connectivity index (χ1n) is 10.2. The van der Waals surface area contributed by atoms with E-state index >= 15 is 0 Å². The van der Waals surface area contributed by atoms with E-state index in [-0.39, 0.29) is 11.8 Å². The van der Waals surface area contributed by atoms with E-state index in [4.69, 9.17) is 9.47 Å². The summed E-state index contributed by atoms with van der Waals surface area (Å²) >= 11 is 1.37. The van der Waals surface area contributed by atoms with Crippen LogP contribution in [0.4, 0.5) is 5.69 Å². The Bertz CT molecular complexity index is 1250. The fourth-order valence-electron chi connectivity index (χ4n) is 3.60. The van der Waals surface area contributed by atoms with E-state index in [1.54, 1.807) is 12.1 Å². The van der Waals surface area contributed by atoms with Gasteiger partial charge in [0.05, 0.1) is 11.3 Å². The Labute approximate surface area is 195 Å². The van der Waals surface area contributed by atoms with Crippen molar-refractivity contribution in [2.45, 2.75) is 32.2 Å². The van der Waals surface area contributed by atoms with Crippen LogP contribution in [0.3, 0.4) is 0 Å². The average molecular weight is 463 g/mol. The minimum atomic E-state index is -0.951. The number of aromatic nitrogens is 3. The molecule has 0 bridgehead atoms. The molecule has 3 aromatic rings. The number of carbonyl (C=O) groups is 2. The van der Waals surface area contributed by atoms with Crippen LogP contribution in [0.15, 0.2) is 60.3 Å². The van der Waals surface area contributed by atoms with Gasteiger partial charge < -0.3 is 9.47 Å². The highest BCUT2D eigenvalue weighted by Gasteiger charge is 2.36. The summed E-state index contributed by atoms with van der Waals surface area (Å²) < 4.78 is 11.9. The number of fused-ring (bicyclic) bond motifs is 3. The molecule has 0 aliphatic carbocycles. The van der Waals surface area contributed by atoms with Crippen LogP contribution < -0.4 is 14.4 Å². The first-order valence-corrected chi connectivity index (χ1v) is 11.2. The molecule has 2 heterocycles. The van der Waals surface area contributed by atoms with E-state index in [9.17, 15) is 9.59 Å². The lowest BCUT2D eigenvalue weighted by Crippen LogP contribution is -2.36. The van der Waals surface area contributed by atoms with Crippen LogP contribution in [0.1, 0.15) is 31.2 Å². The van der Waals surface area contributed by atoms with Crippen molar-refractivity contribution in [2.75, 3.05) is 10.7 Å². The Balaban J connectivity index is 1.95. The molecule has 0 saturated carbocycles. The minimum absolute atomic E-state index is 0.230. The molecule has 0 radical (unpaired) electrons. The summed E-state index contributed by atoms with van der Waals surface area (Å²) in [6.07, 6.45) is 0.793. The SMILES string of the molecule is C=CCSc1nnc2c(n1)O[C@H](c1cccc(C)c1OC(C)=O)N(C(C)=O)c1ccccc1-2. The molecule has 168 valence electrons. The van der Waals surface area contributed by atoms with Crippen molar-refractivity contribution >= 4 is 29.3 Å². The van der Waals surface area contributed by atoms with Crippen LogP contribution in [0, 0.1) is 6.92 Å². The quantitative estimate of drug-likeness (QED) is 0.237. The van der Waals surface area contributed by atoms with E-state index in [2.05, 4.69) is 21.8 Å². The third-order valence-electron chi connectivity index (χ3n) is 4.94. The van der Waals surface area contributed by atoms with Gasteiger partial charge in [0.1, 0.15) is 5.75 Å².